The Labute approximate surface area is 104 Å². The third-order valence-electron chi connectivity index (χ3n) is 2.66. The van der Waals surface area contributed by atoms with E-state index >= 15 is 0 Å². The van der Waals surface area contributed by atoms with E-state index in [1.165, 1.54) is 0 Å². The van der Waals surface area contributed by atoms with Gasteiger partial charge in [0.15, 0.2) is 0 Å². The van der Waals surface area contributed by atoms with E-state index in [-0.39, 0.29) is 18.7 Å². The van der Waals surface area contributed by atoms with Gasteiger partial charge < -0.3 is 15.4 Å². The number of rotatable bonds is 5. The highest BCUT2D eigenvalue weighted by Crippen LogP contribution is 2.22. The Kier molecular flexibility index (Phi) is 3.62. The standard InChI is InChI=1S/C13H14N2O3/c16-12(6-3-7-13(17)18)15-11-8-14-10-5-2-1-4-9(10)11/h1-2,4-5,8,14H,3,6-7H2,(H,15,16)(H,17,18). The van der Waals surface area contributed by atoms with E-state index in [2.05, 4.69) is 10.3 Å². The van der Waals surface area contributed by atoms with E-state index in [1.807, 2.05) is 24.3 Å². The van der Waals surface area contributed by atoms with Gasteiger partial charge in [-0.05, 0) is 12.5 Å². The molecule has 94 valence electrons. The summed E-state index contributed by atoms with van der Waals surface area (Å²) < 4.78 is 0. The highest BCUT2D eigenvalue weighted by Gasteiger charge is 2.07. The van der Waals surface area contributed by atoms with Crippen LogP contribution in [0.2, 0.25) is 0 Å². The molecule has 0 bridgehead atoms. The first-order valence-corrected chi connectivity index (χ1v) is 5.74. The van der Waals surface area contributed by atoms with Gasteiger partial charge in [-0.1, -0.05) is 18.2 Å². The second kappa shape index (κ2) is 5.35. The summed E-state index contributed by atoms with van der Waals surface area (Å²) in [5.41, 5.74) is 1.68. The van der Waals surface area contributed by atoms with Gasteiger partial charge in [0.2, 0.25) is 5.91 Å². The maximum absolute atomic E-state index is 11.6. The van der Waals surface area contributed by atoms with E-state index in [0.717, 1.165) is 16.6 Å². The molecule has 1 aromatic carbocycles. The summed E-state index contributed by atoms with van der Waals surface area (Å²) in [6, 6.07) is 7.65. The number of H-pyrrole nitrogens is 1. The molecule has 0 fully saturated rings. The van der Waals surface area contributed by atoms with Crippen molar-refractivity contribution in [1.29, 1.82) is 0 Å². The molecule has 2 rings (SSSR count). The van der Waals surface area contributed by atoms with Gasteiger partial charge in [-0.15, -0.1) is 0 Å². The predicted octanol–water partition coefficient (Wildman–Crippen LogP) is 2.36. The second-order valence-corrected chi connectivity index (χ2v) is 4.04. The summed E-state index contributed by atoms with van der Waals surface area (Å²) in [4.78, 5) is 25.0. The number of carbonyl (C=O) groups is 2. The first-order chi connectivity index (χ1) is 8.66. The number of anilines is 1. The zero-order chi connectivity index (χ0) is 13.0. The lowest BCUT2D eigenvalue weighted by Crippen LogP contribution is -2.11. The molecule has 1 heterocycles. The molecule has 5 nitrogen and oxygen atoms in total. The molecule has 18 heavy (non-hydrogen) atoms. The Balaban J connectivity index is 1.97. The van der Waals surface area contributed by atoms with Gasteiger partial charge in [0, 0.05) is 29.9 Å². The van der Waals surface area contributed by atoms with Crippen LogP contribution in [0.15, 0.2) is 30.5 Å². The van der Waals surface area contributed by atoms with E-state index in [1.54, 1.807) is 6.20 Å². The van der Waals surface area contributed by atoms with Gasteiger partial charge in [0.25, 0.3) is 0 Å². The average molecular weight is 246 g/mol. The molecule has 0 aliphatic carbocycles. The van der Waals surface area contributed by atoms with Gasteiger partial charge in [-0.2, -0.15) is 0 Å². The molecule has 0 unspecified atom stereocenters. The lowest BCUT2D eigenvalue weighted by atomic mass is 10.2. The highest BCUT2D eigenvalue weighted by atomic mass is 16.4. The van der Waals surface area contributed by atoms with Crippen LogP contribution in [0, 0.1) is 0 Å². The number of aromatic amines is 1. The number of aliphatic carboxylic acids is 1. The smallest absolute Gasteiger partial charge is 0.303 e. The number of fused-ring (bicyclic) bond motifs is 1. The summed E-state index contributed by atoms with van der Waals surface area (Å²) in [5, 5.41) is 12.2. The van der Waals surface area contributed by atoms with Crippen LogP contribution in [0.4, 0.5) is 5.69 Å². The Hall–Kier alpha value is -2.30. The minimum atomic E-state index is -0.880. The molecule has 0 saturated heterocycles. The maximum atomic E-state index is 11.6. The van der Waals surface area contributed by atoms with Gasteiger partial charge in [0.05, 0.1) is 5.69 Å². The van der Waals surface area contributed by atoms with Crippen LogP contribution in [0.3, 0.4) is 0 Å². The number of para-hydroxylation sites is 1. The SMILES string of the molecule is O=C(O)CCCC(=O)Nc1c[nH]c2ccccc12. The van der Waals surface area contributed by atoms with Gasteiger partial charge in [-0.25, -0.2) is 0 Å². The summed E-state index contributed by atoms with van der Waals surface area (Å²) in [7, 11) is 0. The van der Waals surface area contributed by atoms with E-state index in [0.29, 0.717) is 6.42 Å². The molecule has 1 aromatic heterocycles. The number of hydrogen-bond acceptors (Lipinski definition) is 2. The van der Waals surface area contributed by atoms with Crippen molar-refractivity contribution in [3.8, 4) is 0 Å². The predicted molar refractivity (Wildman–Crippen MR) is 68.4 cm³/mol. The van der Waals surface area contributed by atoms with Crippen molar-refractivity contribution in [3.63, 3.8) is 0 Å². The van der Waals surface area contributed by atoms with Gasteiger partial charge >= 0.3 is 5.97 Å². The molecule has 3 N–H and O–H groups in total. The summed E-state index contributed by atoms with van der Waals surface area (Å²) >= 11 is 0. The van der Waals surface area contributed by atoms with Crippen LogP contribution in [-0.4, -0.2) is 22.0 Å². The van der Waals surface area contributed by atoms with Crippen LogP contribution < -0.4 is 5.32 Å². The Morgan fingerprint density at radius 2 is 2.00 bits per heavy atom. The molecule has 1 amide bonds. The van der Waals surface area contributed by atoms with E-state index in [4.69, 9.17) is 5.11 Å². The summed E-state index contributed by atoms with van der Waals surface area (Å²) in [6.07, 6.45) is 2.32. The number of hydrogen-bond donors (Lipinski definition) is 3. The van der Waals surface area contributed by atoms with E-state index < -0.39 is 5.97 Å². The average Bonchev–Trinajstić information content (AvgIpc) is 2.72. The maximum Gasteiger partial charge on any atom is 0.303 e. The van der Waals surface area contributed by atoms with Crippen molar-refractivity contribution < 1.29 is 14.7 Å². The second-order valence-electron chi connectivity index (χ2n) is 4.04. The van der Waals surface area contributed by atoms with Gasteiger partial charge in [0.1, 0.15) is 0 Å². The van der Waals surface area contributed by atoms with Crippen molar-refractivity contribution in [2.24, 2.45) is 0 Å². The number of nitrogens with one attached hydrogen (secondary N) is 2. The van der Waals surface area contributed by atoms with Crippen molar-refractivity contribution in [2.75, 3.05) is 5.32 Å². The number of aromatic nitrogens is 1. The monoisotopic (exact) mass is 246 g/mol. The van der Waals surface area contributed by atoms with E-state index in [9.17, 15) is 9.59 Å². The summed E-state index contributed by atoms with van der Waals surface area (Å²) in [6.45, 7) is 0. The Morgan fingerprint density at radius 3 is 2.78 bits per heavy atom. The van der Waals surface area contributed by atoms with Crippen molar-refractivity contribution in [1.82, 2.24) is 4.98 Å². The van der Waals surface area contributed by atoms with Crippen LogP contribution in [0.1, 0.15) is 19.3 Å². The summed E-state index contributed by atoms with van der Waals surface area (Å²) in [5.74, 6) is -1.05. The van der Waals surface area contributed by atoms with Crippen molar-refractivity contribution in [2.45, 2.75) is 19.3 Å². The number of carboxylic acids is 1. The first-order valence-electron chi connectivity index (χ1n) is 5.74. The zero-order valence-electron chi connectivity index (χ0n) is 9.77. The first kappa shape index (κ1) is 12.2. The number of carboxylic acid groups (broad SMARTS) is 1. The molecule has 0 saturated carbocycles. The molecule has 0 aliphatic rings. The molecule has 5 heteroatoms. The molecular formula is C13H14N2O3. The fraction of sp³-hybridized carbons (Fsp3) is 0.231. The lowest BCUT2D eigenvalue weighted by Gasteiger charge is -2.02. The molecule has 0 spiro atoms. The quantitative estimate of drug-likeness (QED) is 0.757. The van der Waals surface area contributed by atoms with Crippen LogP contribution in [0.5, 0.6) is 0 Å². The van der Waals surface area contributed by atoms with Crippen molar-refractivity contribution in [3.05, 3.63) is 30.5 Å². The molecule has 0 radical (unpaired) electrons. The van der Waals surface area contributed by atoms with Gasteiger partial charge in [-0.3, -0.25) is 9.59 Å². The Bertz CT molecular complexity index is 574. The number of benzene rings is 1. The van der Waals surface area contributed by atoms with Crippen molar-refractivity contribution >= 4 is 28.5 Å². The minimum Gasteiger partial charge on any atom is -0.481 e. The normalized spacial score (nSPS) is 10.4. The largest absolute Gasteiger partial charge is 0.481 e. The zero-order valence-corrected chi connectivity index (χ0v) is 9.77. The van der Waals surface area contributed by atoms with Crippen LogP contribution in [0.25, 0.3) is 10.9 Å². The molecule has 0 atom stereocenters. The number of amides is 1. The van der Waals surface area contributed by atoms with Crippen LogP contribution >= 0.6 is 0 Å². The third-order valence-corrected chi connectivity index (χ3v) is 2.66. The fourth-order valence-corrected chi connectivity index (χ4v) is 1.79. The highest BCUT2D eigenvalue weighted by molar-refractivity contribution is 6.01. The Morgan fingerprint density at radius 1 is 1.22 bits per heavy atom. The fourth-order valence-electron chi connectivity index (χ4n) is 1.79. The van der Waals surface area contributed by atoms with Crippen LogP contribution in [-0.2, 0) is 9.59 Å². The molecule has 2 aromatic rings. The third kappa shape index (κ3) is 2.88. The molecule has 0 aliphatic heterocycles. The minimum absolute atomic E-state index is 0.0152. The topological polar surface area (TPSA) is 82.2 Å². The molecular weight excluding hydrogens is 232 g/mol. The lowest BCUT2D eigenvalue weighted by molar-refractivity contribution is -0.137. The number of carbonyl (C=O) groups excluding carboxylic acids is 1.